The lowest BCUT2D eigenvalue weighted by Gasteiger charge is -2.21. The van der Waals surface area contributed by atoms with Gasteiger partial charge in [0.2, 0.25) is 0 Å². The summed E-state index contributed by atoms with van der Waals surface area (Å²) in [6.45, 7) is 0. The van der Waals surface area contributed by atoms with Gasteiger partial charge in [-0.15, -0.1) is 0 Å². The minimum atomic E-state index is -0.602. The normalized spacial score (nSPS) is 21.9. The molecule has 11 heavy (non-hydrogen) atoms. The molecule has 0 unspecified atom stereocenters. The number of carboxylic acids is 1. The summed E-state index contributed by atoms with van der Waals surface area (Å²) in [5.74, 6) is -0.602. The molecule has 2 nitrogen and oxygen atoms in total. The van der Waals surface area contributed by atoms with Crippen LogP contribution in [0.25, 0.3) is 0 Å². The van der Waals surface area contributed by atoms with E-state index in [4.69, 9.17) is 5.11 Å². The van der Waals surface area contributed by atoms with Crippen molar-refractivity contribution in [3.05, 3.63) is 0 Å². The van der Waals surface area contributed by atoms with Crippen molar-refractivity contribution in [1.82, 2.24) is 0 Å². The van der Waals surface area contributed by atoms with Gasteiger partial charge in [0.15, 0.2) is 0 Å². The van der Waals surface area contributed by atoms with Gasteiger partial charge in [0.1, 0.15) is 0 Å². The first-order valence-corrected chi connectivity index (χ1v) is 5.13. The highest BCUT2D eigenvalue weighted by atomic mass is 79.9. The van der Waals surface area contributed by atoms with Crippen LogP contribution < -0.4 is 0 Å². The third-order valence-corrected chi connectivity index (χ3v) is 2.98. The molecule has 0 spiro atoms. The number of alkyl halides is 1. The minimum Gasteiger partial charge on any atom is -0.481 e. The van der Waals surface area contributed by atoms with Crippen molar-refractivity contribution in [2.75, 3.05) is 5.33 Å². The quantitative estimate of drug-likeness (QED) is 0.743. The van der Waals surface area contributed by atoms with E-state index in [0.29, 0.717) is 0 Å². The molecular formula is C8H13BrO2. The lowest BCUT2D eigenvalue weighted by Crippen LogP contribution is -2.27. The van der Waals surface area contributed by atoms with E-state index in [-0.39, 0.29) is 5.41 Å². The van der Waals surface area contributed by atoms with Crippen molar-refractivity contribution in [3.63, 3.8) is 0 Å². The highest BCUT2D eigenvalue weighted by Crippen LogP contribution is 2.41. The van der Waals surface area contributed by atoms with Crippen molar-refractivity contribution >= 4 is 21.9 Å². The first-order valence-electron chi connectivity index (χ1n) is 4.01. The Balaban J connectivity index is 2.62. The van der Waals surface area contributed by atoms with Crippen LogP contribution in [0, 0.1) is 5.41 Å². The molecule has 0 heterocycles. The third-order valence-electron chi connectivity index (χ3n) is 2.59. The molecule has 64 valence electrons. The van der Waals surface area contributed by atoms with Crippen LogP contribution in [-0.2, 0) is 4.79 Å². The summed E-state index contributed by atoms with van der Waals surface area (Å²) in [5, 5.41) is 9.78. The van der Waals surface area contributed by atoms with Gasteiger partial charge >= 0.3 is 5.97 Å². The second kappa shape index (κ2) is 3.57. The maximum Gasteiger partial charge on any atom is 0.309 e. The fraction of sp³-hybridized carbons (Fsp3) is 0.875. The number of aliphatic carboxylic acids is 1. The van der Waals surface area contributed by atoms with Gasteiger partial charge in [-0.2, -0.15) is 0 Å². The van der Waals surface area contributed by atoms with E-state index in [1.807, 2.05) is 0 Å². The molecule has 0 radical (unpaired) electrons. The Morgan fingerprint density at radius 2 is 2.00 bits per heavy atom. The molecule has 0 aromatic carbocycles. The van der Waals surface area contributed by atoms with Crippen molar-refractivity contribution in [3.8, 4) is 0 Å². The molecule has 0 bridgehead atoms. The summed E-state index contributed by atoms with van der Waals surface area (Å²) in [5.41, 5.74) is -0.385. The van der Waals surface area contributed by atoms with Crippen molar-refractivity contribution < 1.29 is 9.90 Å². The molecule has 0 aliphatic heterocycles. The second-order valence-corrected chi connectivity index (χ2v) is 4.02. The third kappa shape index (κ3) is 1.75. The molecule has 0 aromatic heterocycles. The molecule has 3 heteroatoms. The number of carbonyl (C=O) groups is 1. The van der Waals surface area contributed by atoms with Crippen LogP contribution in [0.3, 0.4) is 0 Å². The van der Waals surface area contributed by atoms with Gasteiger partial charge < -0.3 is 5.11 Å². The maximum absolute atomic E-state index is 10.9. The predicted octanol–water partition coefficient (Wildman–Crippen LogP) is 2.42. The summed E-state index contributed by atoms with van der Waals surface area (Å²) >= 11 is 3.30. The Kier molecular flexibility index (Phi) is 2.93. The lowest BCUT2D eigenvalue weighted by molar-refractivity contribution is -0.148. The highest BCUT2D eigenvalue weighted by molar-refractivity contribution is 9.09. The number of carboxylic acid groups (broad SMARTS) is 1. The summed E-state index contributed by atoms with van der Waals surface area (Å²) in [6.07, 6.45) is 4.68. The van der Waals surface area contributed by atoms with E-state index in [0.717, 1.165) is 37.4 Å². The molecular weight excluding hydrogens is 208 g/mol. The molecule has 0 saturated heterocycles. The average Bonchev–Trinajstić information content (AvgIpc) is 2.38. The topological polar surface area (TPSA) is 37.3 Å². The van der Waals surface area contributed by atoms with Crippen LogP contribution in [0.15, 0.2) is 0 Å². The number of hydrogen-bond donors (Lipinski definition) is 1. The van der Waals surface area contributed by atoms with Gasteiger partial charge in [0, 0.05) is 5.33 Å². The van der Waals surface area contributed by atoms with Gasteiger partial charge in [-0.3, -0.25) is 4.79 Å². The molecule has 1 rings (SSSR count). The fourth-order valence-electron chi connectivity index (χ4n) is 1.80. The molecule has 1 N–H and O–H groups in total. The van der Waals surface area contributed by atoms with Crippen molar-refractivity contribution in [1.29, 1.82) is 0 Å². The Hall–Kier alpha value is -0.0500. The van der Waals surface area contributed by atoms with Gasteiger partial charge in [-0.1, -0.05) is 28.8 Å². The van der Waals surface area contributed by atoms with E-state index in [1.165, 1.54) is 0 Å². The maximum atomic E-state index is 10.9. The Morgan fingerprint density at radius 1 is 1.45 bits per heavy atom. The van der Waals surface area contributed by atoms with E-state index < -0.39 is 5.97 Å². The minimum absolute atomic E-state index is 0.385. The molecule has 0 aromatic rings. The van der Waals surface area contributed by atoms with Crippen LogP contribution in [-0.4, -0.2) is 16.4 Å². The first-order chi connectivity index (χ1) is 5.21. The zero-order valence-electron chi connectivity index (χ0n) is 6.48. The summed E-state index contributed by atoms with van der Waals surface area (Å²) in [7, 11) is 0. The number of hydrogen-bond acceptors (Lipinski definition) is 1. The number of halogens is 1. The van der Waals surface area contributed by atoms with E-state index in [1.54, 1.807) is 0 Å². The second-order valence-electron chi connectivity index (χ2n) is 3.23. The first kappa shape index (κ1) is 9.04. The van der Waals surface area contributed by atoms with Crippen molar-refractivity contribution in [2.24, 2.45) is 5.41 Å². The zero-order valence-corrected chi connectivity index (χ0v) is 8.06. The van der Waals surface area contributed by atoms with Crippen LogP contribution in [0.5, 0.6) is 0 Å². The standard InChI is InChI=1S/C8H13BrO2/c9-6-5-8(7(10)11)3-1-2-4-8/h1-6H2,(H,10,11). The molecule has 1 aliphatic rings. The SMILES string of the molecule is O=C(O)C1(CCBr)CCCC1. The fourth-order valence-corrected chi connectivity index (χ4v) is 2.56. The Morgan fingerprint density at radius 3 is 2.36 bits per heavy atom. The molecule has 0 amide bonds. The largest absolute Gasteiger partial charge is 0.481 e. The van der Waals surface area contributed by atoms with Gasteiger partial charge in [0.25, 0.3) is 0 Å². The Labute approximate surface area is 75.1 Å². The molecule has 1 fully saturated rings. The van der Waals surface area contributed by atoms with Crippen LogP contribution in [0.4, 0.5) is 0 Å². The van der Waals surface area contributed by atoms with Crippen LogP contribution in [0.1, 0.15) is 32.1 Å². The van der Waals surface area contributed by atoms with E-state index in [2.05, 4.69) is 15.9 Å². The molecule has 1 aliphatic carbocycles. The summed E-state index contributed by atoms with van der Waals surface area (Å²) in [4.78, 5) is 10.9. The van der Waals surface area contributed by atoms with Gasteiger partial charge in [-0.05, 0) is 19.3 Å². The monoisotopic (exact) mass is 220 g/mol. The van der Waals surface area contributed by atoms with Gasteiger partial charge in [-0.25, -0.2) is 0 Å². The van der Waals surface area contributed by atoms with Crippen LogP contribution >= 0.6 is 15.9 Å². The summed E-state index contributed by atoms with van der Waals surface area (Å²) in [6, 6.07) is 0. The average molecular weight is 221 g/mol. The summed E-state index contributed by atoms with van der Waals surface area (Å²) < 4.78 is 0. The van der Waals surface area contributed by atoms with E-state index >= 15 is 0 Å². The lowest BCUT2D eigenvalue weighted by atomic mass is 9.84. The van der Waals surface area contributed by atoms with Gasteiger partial charge in [0.05, 0.1) is 5.41 Å². The molecule has 0 atom stereocenters. The predicted molar refractivity (Wildman–Crippen MR) is 46.9 cm³/mol. The smallest absolute Gasteiger partial charge is 0.309 e. The highest BCUT2D eigenvalue weighted by Gasteiger charge is 2.40. The zero-order chi connectivity index (χ0) is 8.32. The number of rotatable bonds is 3. The van der Waals surface area contributed by atoms with E-state index in [9.17, 15) is 4.79 Å². The molecule has 1 saturated carbocycles. The van der Waals surface area contributed by atoms with Crippen LogP contribution in [0.2, 0.25) is 0 Å². The Bertz CT molecular complexity index is 150. The van der Waals surface area contributed by atoms with Crippen molar-refractivity contribution in [2.45, 2.75) is 32.1 Å².